The fourth-order valence-corrected chi connectivity index (χ4v) is 1.50. The number of aliphatic imine (C=N–C) groups is 1. The number of halogens is 3. The van der Waals surface area contributed by atoms with Crippen LogP contribution in [0.2, 0.25) is 0 Å². The van der Waals surface area contributed by atoms with Crippen molar-refractivity contribution in [1.82, 2.24) is 4.98 Å². The Morgan fingerprint density at radius 2 is 1.65 bits per heavy atom. The molecule has 0 spiro atoms. The zero-order chi connectivity index (χ0) is 15.0. The Morgan fingerprint density at radius 3 is 2.20 bits per heavy atom. The standard InChI is InChI=1S/C14H14N2.3ClH.Fe/c1-11-7-3-4-8-13(11)16-12(2)14-9-5-6-10-15-14;;;;/h3-10H,1-2H3;3*1H;/q;;;;+3/p-3. The van der Waals surface area contributed by atoms with Crippen molar-refractivity contribution in [3.8, 4) is 0 Å². The molecule has 0 aliphatic carbocycles. The van der Waals surface area contributed by atoms with Gasteiger partial charge in [-0.2, -0.15) is 0 Å². The summed E-state index contributed by atoms with van der Waals surface area (Å²) in [4.78, 5) is 8.86. The molecule has 20 heavy (non-hydrogen) atoms. The quantitative estimate of drug-likeness (QED) is 0.498. The summed E-state index contributed by atoms with van der Waals surface area (Å²) >= 11 is -1.33. The van der Waals surface area contributed by atoms with E-state index in [1.807, 2.05) is 43.3 Å². The molecule has 0 bridgehead atoms. The number of hydrogen-bond donors (Lipinski definition) is 0. The van der Waals surface area contributed by atoms with Gasteiger partial charge < -0.3 is 0 Å². The molecule has 1 heterocycles. The van der Waals surface area contributed by atoms with E-state index in [0.717, 1.165) is 17.1 Å². The molecule has 1 aromatic carbocycles. The molecule has 0 unspecified atom stereocenters. The molecule has 2 rings (SSSR count). The number of pyridine rings is 1. The first kappa shape index (κ1) is 17.5. The van der Waals surface area contributed by atoms with E-state index in [9.17, 15) is 0 Å². The third-order valence-electron chi connectivity index (χ3n) is 2.44. The van der Waals surface area contributed by atoms with Crippen LogP contribution >= 0.6 is 30.3 Å². The number of hydrogen-bond acceptors (Lipinski definition) is 2. The van der Waals surface area contributed by atoms with Crippen LogP contribution in [0.25, 0.3) is 0 Å². The summed E-state index contributed by atoms with van der Waals surface area (Å²) in [6.07, 6.45) is 1.78. The van der Waals surface area contributed by atoms with Gasteiger partial charge in [-0.15, -0.1) is 0 Å². The number of nitrogens with zero attached hydrogens (tertiary/aromatic N) is 2. The molecule has 0 saturated carbocycles. The van der Waals surface area contributed by atoms with Crippen LogP contribution < -0.4 is 0 Å². The fraction of sp³-hybridized carbons (Fsp3) is 0.143. The van der Waals surface area contributed by atoms with E-state index in [0.29, 0.717) is 0 Å². The van der Waals surface area contributed by atoms with Gasteiger partial charge in [0.1, 0.15) is 0 Å². The van der Waals surface area contributed by atoms with Crippen molar-refractivity contribution in [3.63, 3.8) is 0 Å². The van der Waals surface area contributed by atoms with Gasteiger partial charge in [0.05, 0.1) is 17.1 Å². The second-order valence-corrected chi connectivity index (χ2v) is 9.32. The van der Waals surface area contributed by atoms with Crippen LogP contribution in [0.15, 0.2) is 53.7 Å². The predicted molar refractivity (Wildman–Crippen MR) is 84.8 cm³/mol. The van der Waals surface area contributed by atoms with Crippen molar-refractivity contribution in [3.05, 3.63) is 59.9 Å². The number of rotatable bonds is 2. The average molecular weight is 372 g/mol. The second kappa shape index (κ2) is 9.38. The van der Waals surface area contributed by atoms with Gasteiger partial charge in [0, 0.05) is 6.20 Å². The van der Waals surface area contributed by atoms with Crippen LogP contribution in [0.5, 0.6) is 0 Å². The van der Waals surface area contributed by atoms with E-state index in [-0.39, 0.29) is 0 Å². The van der Waals surface area contributed by atoms with Gasteiger partial charge in [-0.25, -0.2) is 0 Å². The molecule has 0 atom stereocenters. The molecular weight excluding hydrogens is 358 g/mol. The Labute approximate surface area is 136 Å². The van der Waals surface area contributed by atoms with Crippen molar-refractivity contribution < 1.29 is 11.2 Å². The predicted octanol–water partition coefficient (Wildman–Crippen LogP) is 5.60. The summed E-state index contributed by atoms with van der Waals surface area (Å²) in [5.74, 6) is 0. The average Bonchev–Trinajstić information content (AvgIpc) is 2.42. The summed E-state index contributed by atoms with van der Waals surface area (Å²) in [6, 6.07) is 13.9. The van der Waals surface area contributed by atoms with Crippen molar-refractivity contribution in [2.75, 3.05) is 0 Å². The summed E-state index contributed by atoms with van der Waals surface area (Å²) < 4.78 is 0. The van der Waals surface area contributed by atoms with Crippen molar-refractivity contribution in [2.45, 2.75) is 13.8 Å². The second-order valence-electron chi connectivity index (χ2n) is 3.85. The minimum atomic E-state index is -1.33. The molecule has 0 radical (unpaired) electrons. The third kappa shape index (κ3) is 6.74. The Kier molecular flexibility index (Phi) is 8.20. The molecule has 2 aromatic rings. The Morgan fingerprint density at radius 1 is 1.05 bits per heavy atom. The van der Waals surface area contributed by atoms with Gasteiger partial charge in [-0.1, -0.05) is 24.3 Å². The Hall–Kier alpha value is -0.571. The Bertz CT molecular complexity index is 557. The van der Waals surface area contributed by atoms with Gasteiger partial charge in [0.2, 0.25) is 0 Å². The number of para-hydroxylation sites is 1. The van der Waals surface area contributed by atoms with E-state index in [1.54, 1.807) is 6.20 Å². The summed E-state index contributed by atoms with van der Waals surface area (Å²) in [5, 5.41) is 0. The van der Waals surface area contributed by atoms with Crippen LogP contribution in [0.3, 0.4) is 0 Å². The first-order chi connectivity index (χ1) is 9.50. The molecular formula is C14H14Cl3FeN2. The van der Waals surface area contributed by atoms with E-state index in [4.69, 9.17) is 30.3 Å². The maximum atomic E-state index is 4.89. The van der Waals surface area contributed by atoms with Crippen LogP contribution in [-0.2, 0) is 11.2 Å². The monoisotopic (exact) mass is 371 g/mol. The third-order valence-corrected chi connectivity index (χ3v) is 2.44. The molecule has 0 aliphatic heterocycles. The van der Waals surface area contributed by atoms with Crippen LogP contribution in [0.1, 0.15) is 18.2 Å². The molecule has 0 amide bonds. The van der Waals surface area contributed by atoms with Gasteiger partial charge in [0.25, 0.3) is 0 Å². The van der Waals surface area contributed by atoms with Crippen LogP contribution in [-0.4, -0.2) is 10.7 Å². The zero-order valence-electron chi connectivity index (χ0n) is 11.0. The first-order valence-electron chi connectivity index (χ1n) is 5.70. The van der Waals surface area contributed by atoms with E-state index in [2.05, 4.69) is 23.0 Å². The topological polar surface area (TPSA) is 25.2 Å². The van der Waals surface area contributed by atoms with E-state index >= 15 is 0 Å². The summed E-state index contributed by atoms with van der Waals surface area (Å²) in [5.41, 5.74) is 4.05. The minimum absolute atomic E-state index is 0.922. The van der Waals surface area contributed by atoms with Crippen molar-refractivity contribution in [1.29, 1.82) is 0 Å². The molecule has 0 fully saturated rings. The van der Waals surface area contributed by atoms with Crippen molar-refractivity contribution >= 4 is 41.7 Å². The SMILES string of the molecule is CC(=Nc1ccccc1C)c1ccccn1.[Cl][Fe]([Cl])[Cl]. The normalized spacial score (nSPS) is 11.4. The van der Waals surface area contributed by atoms with E-state index in [1.165, 1.54) is 5.56 Å². The summed E-state index contributed by atoms with van der Waals surface area (Å²) in [6.45, 7) is 4.04. The van der Waals surface area contributed by atoms with Gasteiger partial charge in [0.15, 0.2) is 0 Å². The Balaban J connectivity index is 0.000000444. The number of aryl methyl sites for hydroxylation is 1. The van der Waals surface area contributed by atoms with Crippen LogP contribution in [0, 0.1) is 6.92 Å². The maximum absolute atomic E-state index is 4.89. The molecule has 0 N–H and O–H groups in total. The molecule has 0 aliphatic rings. The number of aromatic nitrogens is 1. The van der Waals surface area contributed by atoms with Gasteiger partial charge in [-0.3, -0.25) is 9.98 Å². The summed E-state index contributed by atoms with van der Waals surface area (Å²) in [7, 11) is 14.7. The molecule has 1 aromatic heterocycles. The van der Waals surface area contributed by atoms with E-state index < -0.39 is 11.2 Å². The van der Waals surface area contributed by atoms with Gasteiger partial charge >= 0.3 is 41.5 Å². The van der Waals surface area contributed by atoms with Crippen molar-refractivity contribution in [2.24, 2.45) is 4.99 Å². The number of benzene rings is 1. The van der Waals surface area contributed by atoms with Crippen LogP contribution in [0.4, 0.5) is 5.69 Å². The first-order valence-corrected chi connectivity index (χ1v) is 10.3. The molecule has 6 heteroatoms. The molecule has 109 valence electrons. The molecule has 2 nitrogen and oxygen atoms in total. The molecule has 0 saturated heterocycles. The zero-order valence-corrected chi connectivity index (χ0v) is 14.4. The fourth-order valence-electron chi connectivity index (χ4n) is 1.50. The van der Waals surface area contributed by atoms with Gasteiger partial charge in [-0.05, 0) is 37.6 Å².